The van der Waals surface area contributed by atoms with Gasteiger partial charge in [-0.05, 0) is 13.0 Å². The molecule has 0 radical (unpaired) electrons. The van der Waals surface area contributed by atoms with Crippen molar-refractivity contribution >= 4 is 17.4 Å². The number of halogens is 1. The van der Waals surface area contributed by atoms with Crippen LogP contribution in [0, 0.1) is 12.7 Å². The van der Waals surface area contributed by atoms with E-state index in [1.54, 1.807) is 29.7 Å². The third kappa shape index (κ3) is 4.78. The Morgan fingerprint density at radius 1 is 1.41 bits per heavy atom. The predicted octanol–water partition coefficient (Wildman–Crippen LogP) is 2.17. The lowest BCUT2D eigenvalue weighted by Crippen LogP contribution is -2.38. The number of urea groups is 1. The van der Waals surface area contributed by atoms with Crippen molar-refractivity contribution in [1.82, 2.24) is 15.6 Å². The maximum absolute atomic E-state index is 13.5. The van der Waals surface area contributed by atoms with E-state index in [-0.39, 0.29) is 12.1 Å². The number of aryl methyl sites for hydroxylation is 1. The van der Waals surface area contributed by atoms with Gasteiger partial charge in [0.05, 0.1) is 11.1 Å². The van der Waals surface area contributed by atoms with Crippen LogP contribution in [0.25, 0.3) is 0 Å². The van der Waals surface area contributed by atoms with Gasteiger partial charge in [-0.2, -0.15) is 0 Å². The van der Waals surface area contributed by atoms with E-state index in [4.69, 9.17) is 0 Å². The Bertz CT molecular complexity index is 633. The summed E-state index contributed by atoms with van der Waals surface area (Å²) in [5.74, 6) is -0.489. The van der Waals surface area contributed by atoms with Crippen molar-refractivity contribution in [1.29, 1.82) is 0 Å². The van der Waals surface area contributed by atoms with Crippen LogP contribution in [0.2, 0.25) is 0 Å². The minimum Gasteiger partial charge on any atom is -0.386 e. The number of aliphatic hydroxyl groups excluding tert-OH is 1. The van der Waals surface area contributed by atoms with Crippen LogP contribution in [-0.2, 0) is 6.42 Å². The van der Waals surface area contributed by atoms with Gasteiger partial charge in [0.25, 0.3) is 0 Å². The Labute approximate surface area is 132 Å². The molecule has 0 aliphatic rings. The van der Waals surface area contributed by atoms with E-state index in [0.29, 0.717) is 13.0 Å². The van der Waals surface area contributed by atoms with E-state index in [2.05, 4.69) is 15.6 Å². The highest BCUT2D eigenvalue weighted by molar-refractivity contribution is 7.11. The van der Waals surface area contributed by atoms with Gasteiger partial charge in [-0.1, -0.05) is 18.2 Å². The van der Waals surface area contributed by atoms with E-state index in [9.17, 15) is 14.3 Å². The molecule has 0 fully saturated rings. The summed E-state index contributed by atoms with van der Waals surface area (Å²) in [6, 6.07) is 5.55. The minimum atomic E-state index is -1.08. The molecule has 0 saturated carbocycles. The van der Waals surface area contributed by atoms with Crippen molar-refractivity contribution in [2.45, 2.75) is 19.4 Å². The molecule has 5 nitrogen and oxygen atoms in total. The molecular formula is C15H18FN3O2S. The van der Waals surface area contributed by atoms with Crippen molar-refractivity contribution in [3.05, 3.63) is 51.7 Å². The molecule has 7 heteroatoms. The summed E-state index contributed by atoms with van der Waals surface area (Å²) < 4.78 is 13.5. The molecule has 0 aliphatic carbocycles. The molecule has 1 heterocycles. The SMILES string of the molecule is Cc1cnc(CCNC(=O)NCC(O)c2ccccc2F)s1. The second-order valence-electron chi connectivity index (χ2n) is 4.79. The third-order valence-corrected chi connectivity index (χ3v) is 3.99. The van der Waals surface area contributed by atoms with Gasteiger partial charge in [-0.3, -0.25) is 0 Å². The molecule has 0 saturated heterocycles. The average molecular weight is 323 g/mol. The molecule has 2 aromatic rings. The number of nitrogens with one attached hydrogen (secondary N) is 2. The zero-order valence-electron chi connectivity index (χ0n) is 12.2. The van der Waals surface area contributed by atoms with Gasteiger partial charge >= 0.3 is 6.03 Å². The second kappa shape index (κ2) is 7.86. The normalized spacial score (nSPS) is 12.0. The highest BCUT2D eigenvalue weighted by Gasteiger charge is 2.13. The van der Waals surface area contributed by atoms with Crippen LogP contribution < -0.4 is 10.6 Å². The molecule has 2 rings (SSSR count). The van der Waals surface area contributed by atoms with Gasteiger partial charge < -0.3 is 15.7 Å². The number of carbonyl (C=O) groups excluding carboxylic acids is 1. The number of aliphatic hydroxyl groups is 1. The first-order chi connectivity index (χ1) is 10.6. The van der Waals surface area contributed by atoms with Crippen molar-refractivity contribution in [3.63, 3.8) is 0 Å². The Hall–Kier alpha value is -1.99. The summed E-state index contributed by atoms with van der Waals surface area (Å²) in [5.41, 5.74) is 0.168. The fourth-order valence-corrected chi connectivity index (χ4v) is 2.69. The number of hydrogen-bond acceptors (Lipinski definition) is 4. The van der Waals surface area contributed by atoms with Gasteiger partial charge in [0.15, 0.2) is 0 Å². The Morgan fingerprint density at radius 2 is 2.18 bits per heavy atom. The second-order valence-corrected chi connectivity index (χ2v) is 6.11. The maximum atomic E-state index is 13.5. The summed E-state index contributed by atoms with van der Waals surface area (Å²) in [5, 5.41) is 16.0. The molecule has 22 heavy (non-hydrogen) atoms. The van der Waals surface area contributed by atoms with E-state index in [1.165, 1.54) is 12.1 Å². The maximum Gasteiger partial charge on any atom is 0.314 e. The number of hydrogen-bond donors (Lipinski definition) is 3. The van der Waals surface area contributed by atoms with Gasteiger partial charge in [0.2, 0.25) is 0 Å². The quantitative estimate of drug-likeness (QED) is 0.763. The zero-order valence-corrected chi connectivity index (χ0v) is 13.0. The van der Waals surface area contributed by atoms with Crippen molar-refractivity contribution in [2.24, 2.45) is 0 Å². The standard InChI is InChI=1S/C15H18FN3O2S/c1-10-8-18-14(22-10)6-7-17-15(21)19-9-13(20)11-4-2-3-5-12(11)16/h2-5,8,13,20H,6-7,9H2,1H3,(H2,17,19,21). The van der Waals surface area contributed by atoms with Crippen molar-refractivity contribution in [2.75, 3.05) is 13.1 Å². The van der Waals surface area contributed by atoms with Gasteiger partial charge in [-0.15, -0.1) is 11.3 Å². The summed E-state index contributed by atoms with van der Waals surface area (Å²) >= 11 is 1.59. The lowest BCUT2D eigenvalue weighted by atomic mass is 10.1. The molecule has 0 bridgehead atoms. The molecule has 1 unspecified atom stereocenters. The van der Waals surface area contributed by atoms with Crippen LogP contribution in [-0.4, -0.2) is 29.2 Å². The highest BCUT2D eigenvalue weighted by Crippen LogP contribution is 2.15. The topological polar surface area (TPSA) is 74.2 Å². The van der Waals surface area contributed by atoms with E-state index in [1.807, 2.05) is 6.92 Å². The van der Waals surface area contributed by atoms with Gasteiger partial charge in [0.1, 0.15) is 5.82 Å². The summed E-state index contributed by atoms with van der Waals surface area (Å²) in [4.78, 5) is 16.9. The van der Waals surface area contributed by atoms with E-state index in [0.717, 1.165) is 9.88 Å². The minimum absolute atomic E-state index is 0.0525. The number of carbonyl (C=O) groups is 1. The fourth-order valence-electron chi connectivity index (χ4n) is 1.91. The average Bonchev–Trinajstić information content (AvgIpc) is 2.91. The predicted molar refractivity (Wildman–Crippen MR) is 83.3 cm³/mol. The molecule has 0 spiro atoms. The first-order valence-corrected chi connectivity index (χ1v) is 7.73. The number of amides is 2. The van der Waals surface area contributed by atoms with E-state index < -0.39 is 18.0 Å². The van der Waals surface area contributed by atoms with Gasteiger partial charge in [0, 0.05) is 36.1 Å². The fraction of sp³-hybridized carbons (Fsp3) is 0.333. The van der Waals surface area contributed by atoms with Crippen molar-refractivity contribution < 1.29 is 14.3 Å². The molecule has 1 aromatic carbocycles. The molecular weight excluding hydrogens is 305 g/mol. The van der Waals surface area contributed by atoms with Crippen LogP contribution >= 0.6 is 11.3 Å². The summed E-state index contributed by atoms with van der Waals surface area (Å²) in [6.07, 6.45) is 1.38. The molecule has 0 aliphatic heterocycles. The monoisotopic (exact) mass is 323 g/mol. The molecule has 2 amide bonds. The van der Waals surface area contributed by atoms with E-state index >= 15 is 0 Å². The van der Waals surface area contributed by atoms with Crippen LogP contribution in [0.5, 0.6) is 0 Å². The Balaban J connectivity index is 1.70. The lowest BCUT2D eigenvalue weighted by molar-refractivity contribution is 0.169. The van der Waals surface area contributed by atoms with Crippen LogP contribution in [0.15, 0.2) is 30.5 Å². The number of nitrogens with zero attached hydrogens (tertiary/aromatic N) is 1. The number of rotatable bonds is 6. The molecule has 1 aromatic heterocycles. The lowest BCUT2D eigenvalue weighted by Gasteiger charge is -2.13. The smallest absolute Gasteiger partial charge is 0.314 e. The summed E-state index contributed by atoms with van der Waals surface area (Å²) in [7, 11) is 0. The largest absolute Gasteiger partial charge is 0.386 e. The molecule has 118 valence electrons. The Kier molecular flexibility index (Phi) is 5.85. The van der Waals surface area contributed by atoms with Crippen LogP contribution in [0.3, 0.4) is 0 Å². The zero-order chi connectivity index (χ0) is 15.9. The van der Waals surface area contributed by atoms with Crippen molar-refractivity contribution in [3.8, 4) is 0 Å². The number of aromatic nitrogens is 1. The van der Waals surface area contributed by atoms with Crippen LogP contribution in [0.4, 0.5) is 9.18 Å². The van der Waals surface area contributed by atoms with Crippen LogP contribution in [0.1, 0.15) is 21.6 Å². The first-order valence-electron chi connectivity index (χ1n) is 6.91. The van der Waals surface area contributed by atoms with Gasteiger partial charge in [-0.25, -0.2) is 14.2 Å². The summed E-state index contributed by atoms with van der Waals surface area (Å²) in [6.45, 7) is 2.38. The third-order valence-electron chi connectivity index (χ3n) is 3.01. The molecule has 3 N–H and O–H groups in total. The highest BCUT2D eigenvalue weighted by atomic mass is 32.1. The Morgan fingerprint density at radius 3 is 2.86 bits per heavy atom. The number of thiazole rings is 1. The molecule has 1 atom stereocenters. The number of benzene rings is 1. The first kappa shape index (κ1) is 16.4.